The first-order chi connectivity index (χ1) is 27.8. The minimum atomic E-state index is -4.27. The molecule has 0 saturated carbocycles. The van der Waals surface area contributed by atoms with Gasteiger partial charge in [0.2, 0.25) is 0 Å². The third-order valence-electron chi connectivity index (χ3n) is 8.49. The van der Waals surface area contributed by atoms with Gasteiger partial charge in [-0.1, -0.05) is 53.1 Å². The summed E-state index contributed by atoms with van der Waals surface area (Å²) < 4.78 is 97.7. The number of imidazole rings is 1. The van der Waals surface area contributed by atoms with E-state index in [1.807, 2.05) is 27.0 Å². The highest BCUT2D eigenvalue weighted by atomic mass is 32.2. The summed E-state index contributed by atoms with van der Waals surface area (Å²) in [5, 5.41) is 29.7. The van der Waals surface area contributed by atoms with Crippen LogP contribution < -0.4 is 11.5 Å². The second-order valence-electron chi connectivity index (χ2n) is 13.4. The van der Waals surface area contributed by atoms with E-state index in [0.29, 0.717) is 29.1 Å². The zero-order valence-corrected chi connectivity index (χ0v) is 35.8. The van der Waals surface area contributed by atoms with Crippen LogP contribution >= 0.6 is 0 Å². The van der Waals surface area contributed by atoms with Gasteiger partial charge in [-0.2, -0.15) is 16.8 Å². The lowest BCUT2D eigenvalue weighted by molar-refractivity contribution is -0.138. The van der Waals surface area contributed by atoms with Gasteiger partial charge in [0.1, 0.15) is 57.8 Å². The Morgan fingerprint density at radius 2 is 1.25 bits per heavy atom. The maximum Gasteiger partial charge on any atom is 0.320 e. The van der Waals surface area contributed by atoms with Crippen molar-refractivity contribution in [2.75, 3.05) is 23.5 Å². The number of hydrogen-bond donors (Lipinski definition) is 7. The van der Waals surface area contributed by atoms with Gasteiger partial charge in [-0.3, -0.25) is 18.5 Å². The van der Waals surface area contributed by atoms with Crippen molar-refractivity contribution in [3.63, 3.8) is 0 Å². The molecule has 3 heterocycles. The second kappa shape index (κ2) is 21.3. The van der Waals surface area contributed by atoms with Crippen LogP contribution in [0.3, 0.4) is 0 Å². The Balaban J connectivity index is 0.000000241. The largest absolute Gasteiger partial charge is 0.744 e. The number of fused-ring (bicyclic) bond motifs is 1. The number of aromatic nitrogens is 4. The first-order valence-electron chi connectivity index (χ1n) is 17.4. The molecule has 6 atom stereocenters. The molecule has 9 N–H and O–H groups in total. The lowest BCUT2D eigenvalue weighted by Crippen LogP contribution is -2.37. The molecular weight excluding hydrogens is 869 g/mol. The van der Waals surface area contributed by atoms with Crippen LogP contribution in [-0.2, 0) is 50.8 Å². The molecule has 0 spiro atoms. The van der Waals surface area contributed by atoms with Gasteiger partial charge in [0.15, 0.2) is 17.7 Å². The van der Waals surface area contributed by atoms with Crippen LogP contribution in [0, 0.1) is 20.8 Å². The molecule has 1 aliphatic heterocycles. The summed E-state index contributed by atoms with van der Waals surface area (Å²) in [7, 11) is -12.5. The lowest BCUT2D eigenvalue weighted by atomic mass is 10.1. The van der Waals surface area contributed by atoms with E-state index in [2.05, 4.69) is 15.0 Å². The highest BCUT2D eigenvalue weighted by Crippen LogP contribution is 2.32. The number of carboxylic acid groups (broad SMARTS) is 1. The van der Waals surface area contributed by atoms with Crippen molar-refractivity contribution >= 4 is 64.2 Å². The van der Waals surface area contributed by atoms with Crippen molar-refractivity contribution < 1.29 is 63.8 Å². The highest BCUT2D eigenvalue weighted by molar-refractivity contribution is 7.96. The number of aliphatic carboxylic acids is 1. The van der Waals surface area contributed by atoms with Gasteiger partial charge in [-0.05, 0) is 68.1 Å². The molecule has 0 bridgehead atoms. The number of benzene rings is 3. The number of carbonyl (C=O) groups is 1. The zero-order valence-electron chi connectivity index (χ0n) is 32.6. The van der Waals surface area contributed by atoms with Gasteiger partial charge in [-0.25, -0.2) is 23.4 Å². The average Bonchev–Trinajstić information content (AvgIpc) is 3.71. The summed E-state index contributed by atoms with van der Waals surface area (Å²) in [5.74, 6) is 0.254. The van der Waals surface area contributed by atoms with Crippen molar-refractivity contribution in [2.45, 2.75) is 72.5 Å². The molecule has 20 nitrogen and oxygen atoms in total. The molecule has 0 radical (unpaired) electrons. The molecule has 1 fully saturated rings. The van der Waals surface area contributed by atoms with E-state index >= 15 is 0 Å². The van der Waals surface area contributed by atoms with E-state index in [1.165, 1.54) is 53.6 Å². The topological polar surface area (TPSA) is 349 Å². The fraction of sp³-hybridized carbons (Fsp3) is 0.333. The molecule has 24 heteroatoms. The second-order valence-corrected chi connectivity index (χ2v) is 19.9. The van der Waals surface area contributed by atoms with Crippen LogP contribution in [0.1, 0.15) is 29.3 Å². The number of aryl methyl sites for hydroxylation is 3. The van der Waals surface area contributed by atoms with Gasteiger partial charge in [0.05, 0.1) is 27.3 Å². The van der Waals surface area contributed by atoms with Crippen LogP contribution in [0.4, 0.5) is 5.82 Å². The SMILES string of the molecule is C[S+](CC[C@H](N)C(=O)O)C[C@H]1O[C@@H](n2cnc3c(N)ncnc32)[C@H](O)[C@@H]1O.Cc1ccc(S(=O)(=O)O)cc1.Cc1ccc(S(=O)(=O)O)cc1.Cc1ccc(S(=O)(=O)[O-])cc1. The first-order valence-corrected chi connectivity index (χ1v) is 23.7. The predicted octanol–water partition coefficient (Wildman–Crippen LogP) is 1.46. The van der Waals surface area contributed by atoms with E-state index < -0.39 is 66.9 Å². The molecule has 0 amide bonds. The van der Waals surface area contributed by atoms with Crippen molar-refractivity contribution in [2.24, 2.45) is 5.73 Å². The lowest BCUT2D eigenvalue weighted by Gasteiger charge is -2.16. The number of ether oxygens (including phenoxy) is 1. The van der Waals surface area contributed by atoms with Crippen LogP contribution in [0.5, 0.6) is 0 Å². The molecule has 5 aromatic rings. The van der Waals surface area contributed by atoms with Crippen molar-refractivity contribution in [3.05, 3.63) is 102 Å². The van der Waals surface area contributed by atoms with E-state index in [9.17, 15) is 44.8 Å². The normalized spacial score (nSPS) is 18.8. The average molecular weight is 915 g/mol. The van der Waals surface area contributed by atoms with Gasteiger partial charge in [0, 0.05) is 6.42 Å². The number of nitrogens with zero attached hydrogens (tertiary/aromatic N) is 4. The van der Waals surface area contributed by atoms with Gasteiger partial charge < -0.3 is 36.1 Å². The van der Waals surface area contributed by atoms with Crippen molar-refractivity contribution in [1.82, 2.24) is 19.5 Å². The number of aliphatic hydroxyl groups is 2. The Hall–Kier alpha value is -4.60. The Morgan fingerprint density at radius 3 is 1.67 bits per heavy atom. The summed E-state index contributed by atoms with van der Waals surface area (Å²) in [6, 6.07) is 16.9. The summed E-state index contributed by atoms with van der Waals surface area (Å²) >= 11 is 0. The highest BCUT2D eigenvalue weighted by Gasteiger charge is 2.46. The first kappa shape index (κ1) is 49.8. The Kier molecular flexibility index (Phi) is 17.6. The minimum Gasteiger partial charge on any atom is -0.744 e. The van der Waals surface area contributed by atoms with Crippen molar-refractivity contribution in [3.8, 4) is 0 Å². The van der Waals surface area contributed by atoms with Gasteiger partial charge >= 0.3 is 5.97 Å². The summed E-state index contributed by atoms with van der Waals surface area (Å²) in [6.45, 7) is 5.50. The fourth-order valence-electron chi connectivity index (χ4n) is 5.09. The Bertz CT molecular complexity index is 2350. The number of nitrogen functional groups attached to an aromatic ring is 1. The smallest absolute Gasteiger partial charge is 0.320 e. The molecule has 0 aliphatic carbocycles. The zero-order chi connectivity index (χ0) is 45.2. The van der Waals surface area contributed by atoms with Crippen LogP contribution in [-0.4, -0.2) is 122 Å². The third-order valence-corrected chi connectivity index (χ3v) is 12.9. The molecule has 2 aromatic heterocycles. The van der Waals surface area contributed by atoms with Gasteiger partial charge in [-0.15, -0.1) is 0 Å². The molecule has 1 unspecified atom stereocenters. The quantitative estimate of drug-likeness (QED) is 0.0770. The van der Waals surface area contributed by atoms with Crippen molar-refractivity contribution in [1.29, 1.82) is 0 Å². The predicted molar refractivity (Wildman–Crippen MR) is 220 cm³/mol. The van der Waals surface area contributed by atoms with Crippen LogP contribution in [0.25, 0.3) is 11.2 Å². The molecule has 1 saturated heterocycles. The number of hydrogen-bond acceptors (Lipinski definition) is 16. The summed E-state index contributed by atoms with van der Waals surface area (Å²) in [4.78, 5) is 22.6. The number of nitrogens with two attached hydrogens (primary N) is 2. The van der Waals surface area contributed by atoms with Crippen LogP contribution in [0.15, 0.2) is 100 Å². The molecule has 1 aliphatic rings. The maximum absolute atomic E-state index is 10.8. The molecule has 6 rings (SSSR count). The van der Waals surface area contributed by atoms with Crippen LogP contribution in [0.2, 0.25) is 0 Å². The number of carboxylic acids is 1. The van der Waals surface area contributed by atoms with Gasteiger partial charge in [0.25, 0.3) is 20.2 Å². The molecular formula is C36H46N6O14S4. The Labute approximate surface area is 349 Å². The van der Waals surface area contributed by atoms with E-state index in [1.54, 1.807) is 36.4 Å². The summed E-state index contributed by atoms with van der Waals surface area (Å²) in [6.07, 6.45) is 1.31. The monoisotopic (exact) mass is 914 g/mol. The minimum absolute atomic E-state index is 0.0666. The number of anilines is 1. The third kappa shape index (κ3) is 14.8. The van der Waals surface area contributed by atoms with E-state index in [0.717, 1.165) is 16.7 Å². The summed E-state index contributed by atoms with van der Waals surface area (Å²) in [5.41, 5.74) is 14.9. The van der Waals surface area contributed by atoms with E-state index in [4.69, 9.17) is 30.4 Å². The maximum atomic E-state index is 10.8. The molecule has 328 valence electrons. The number of aliphatic hydroxyl groups excluding tert-OH is 2. The fourth-order valence-corrected chi connectivity index (χ4v) is 8.18. The molecule has 60 heavy (non-hydrogen) atoms. The Morgan fingerprint density at radius 1 is 0.800 bits per heavy atom. The molecule has 3 aromatic carbocycles. The number of rotatable bonds is 10. The standard InChI is InChI=1S/C15H22N6O5S.3C7H8O3S/c1-27(3-2-7(16)15(24)25)4-8-10(22)11(23)14(26-8)21-6-20-9-12(17)18-5-19-13(9)21;3*1-6-2-4-7(5-3-6)11(8,9)10/h5-8,10-11,14,22-23H,2-4,16H2,1H3,(H2-,17,18,19,24,25);3*2-5H,1H3,(H,8,9,10)/t7-,8+,10+,11+,14+,27?;;;/m0.../s1. The van der Waals surface area contributed by atoms with E-state index in [-0.39, 0.29) is 31.4 Å².